The van der Waals surface area contributed by atoms with E-state index in [9.17, 15) is 0 Å². The normalized spacial score (nSPS) is 11.2. The molecule has 0 aliphatic rings. The first kappa shape index (κ1) is 27.0. The van der Waals surface area contributed by atoms with E-state index in [-0.39, 0.29) is 0 Å². The minimum Gasteiger partial charge on any atom is -0.256 e. The number of rotatable bonds is 5. The Labute approximate surface area is 268 Å². The molecule has 0 amide bonds. The van der Waals surface area contributed by atoms with Gasteiger partial charge in [-0.3, -0.25) is 9.97 Å². The van der Waals surface area contributed by atoms with E-state index in [2.05, 4.69) is 105 Å². The van der Waals surface area contributed by atoms with E-state index in [1.165, 1.54) is 0 Å². The summed E-state index contributed by atoms with van der Waals surface area (Å²) in [6.07, 6.45) is 3.62. The Morgan fingerprint density at radius 1 is 0.400 bits per heavy atom. The molecule has 45 heavy (non-hydrogen) atoms. The zero-order valence-corrected chi connectivity index (χ0v) is 25.6. The van der Waals surface area contributed by atoms with E-state index in [1.54, 1.807) is 6.20 Å². The van der Waals surface area contributed by atoms with Crippen molar-refractivity contribution < 1.29 is 0 Å². The molecule has 0 bridgehead atoms. The van der Waals surface area contributed by atoms with E-state index in [0.717, 1.165) is 65.2 Å². The summed E-state index contributed by atoms with van der Waals surface area (Å²) in [5, 5.41) is 2.12. The molecule has 0 unspecified atom stereocenters. The van der Waals surface area contributed by atoms with Crippen molar-refractivity contribution in [2.45, 2.75) is 0 Å². The van der Waals surface area contributed by atoms with Gasteiger partial charge in [0.15, 0.2) is 17.5 Å². The Morgan fingerprint density at radius 2 is 1.04 bits per heavy atom. The minimum atomic E-state index is 0.592. The van der Waals surface area contributed by atoms with Gasteiger partial charge >= 0.3 is 0 Å². The molecule has 6 heteroatoms. The molecule has 3 aromatic heterocycles. The first-order valence-corrected chi connectivity index (χ1v) is 15.4. The summed E-state index contributed by atoms with van der Waals surface area (Å²) in [5.74, 6) is 1.80. The quantitative estimate of drug-likeness (QED) is 0.187. The molecule has 0 radical (unpaired) electrons. The van der Waals surface area contributed by atoms with Crippen LogP contribution < -0.4 is 0 Å². The molecule has 5 aromatic carbocycles. The second kappa shape index (κ2) is 11.5. The van der Waals surface area contributed by atoms with Crippen LogP contribution in [0.2, 0.25) is 0 Å². The summed E-state index contributed by atoms with van der Waals surface area (Å²) >= 11 is 3.76. The van der Waals surface area contributed by atoms with E-state index in [4.69, 9.17) is 15.0 Å². The summed E-state index contributed by atoms with van der Waals surface area (Å²) in [4.78, 5) is 24.1. The number of hydrogen-bond acceptors (Lipinski definition) is 5. The highest BCUT2D eigenvalue weighted by atomic mass is 79.9. The molecule has 3 heterocycles. The van der Waals surface area contributed by atoms with E-state index in [1.807, 2.05) is 60.8 Å². The molecule has 0 aliphatic carbocycles. The predicted molar refractivity (Wildman–Crippen MR) is 185 cm³/mol. The van der Waals surface area contributed by atoms with Crippen LogP contribution in [0.5, 0.6) is 0 Å². The van der Waals surface area contributed by atoms with Crippen LogP contribution in [0.25, 0.3) is 78.2 Å². The fraction of sp³-hybridized carbons (Fsp3) is 0. The zero-order valence-electron chi connectivity index (χ0n) is 24.0. The first-order chi connectivity index (χ1) is 22.2. The average molecular weight is 643 g/mol. The first-order valence-electron chi connectivity index (χ1n) is 14.6. The van der Waals surface area contributed by atoms with Crippen LogP contribution >= 0.6 is 15.9 Å². The highest BCUT2D eigenvalue weighted by Gasteiger charge is 2.15. The summed E-state index contributed by atoms with van der Waals surface area (Å²) < 4.78 is 0.934. The van der Waals surface area contributed by atoms with Crippen molar-refractivity contribution >= 4 is 37.7 Å². The maximum absolute atomic E-state index is 5.03. The highest BCUT2D eigenvalue weighted by molar-refractivity contribution is 9.10. The van der Waals surface area contributed by atoms with Crippen molar-refractivity contribution in [2.24, 2.45) is 0 Å². The van der Waals surface area contributed by atoms with E-state index in [0.29, 0.717) is 17.5 Å². The molecular weight excluding hydrogens is 618 g/mol. The molecule has 0 saturated heterocycles. The lowest BCUT2D eigenvalue weighted by Gasteiger charge is -2.12. The van der Waals surface area contributed by atoms with Gasteiger partial charge in [0.25, 0.3) is 0 Å². The summed E-state index contributed by atoms with van der Waals surface area (Å²) in [6.45, 7) is 0. The molecule has 5 nitrogen and oxygen atoms in total. The van der Waals surface area contributed by atoms with Gasteiger partial charge in [0.05, 0.1) is 11.0 Å². The van der Waals surface area contributed by atoms with E-state index < -0.39 is 0 Å². The van der Waals surface area contributed by atoms with Crippen molar-refractivity contribution in [2.75, 3.05) is 0 Å². The lowest BCUT2D eigenvalue weighted by molar-refractivity contribution is 1.07. The van der Waals surface area contributed by atoms with Crippen molar-refractivity contribution in [1.82, 2.24) is 24.9 Å². The minimum absolute atomic E-state index is 0.592. The van der Waals surface area contributed by atoms with Crippen LogP contribution in [0.15, 0.2) is 150 Å². The van der Waals surface area contributed by atoms with Gasteiger partial charge in [-0.2, -0.15) is 0 Å². The van der Waals surface area contributed by atoms with Gasteiger partial charge in [0.2, 0.25) is 0 Å². The van der Waals surface area contributed by atoms with Gasteiger partial charge < -0.3 is 0 Å². The van der Waals surface area contributed by atoms with Crippen LogP contribution in [0.4, 0.5) is 0 Å². The fourth-order valence-electron chi connectivity index (χ4n) is 5.65. The van der Waals surface area contributed by atoms with Crippen molar-refractivity contribution in [1.29, 1.82) is 0 Å². The third-order valence-corrected chi connectivity index (χ3v) is 8.32. The number of pyridine rings is 2. The predicted octanol–water partition coefficient (Wildman–Crippen LogP) is 10.1. The van der Waals surface area contributed by atoms with Crippen LogP contribution in [-0.2, 0) is 0 Å². The standard InChI is InChI=1S/C39H24BrN5/c40-32-23-30(33-10-4-12-36-34(33)11-6-20-42-36)22-31(24-32)39-44-37(27-15-13-26(14-16-27)25-7-2-1-3-8-25)43-38(45-39)29-17-18-35-28(21-29)9-5-19-41-35/h1-24H. The second-order valence-corrected chi connectivity index (χ2v) is 11.7. The number of fused-ring (bicyclic) bond motifs is 2. The van der Waals surface area contributed by atoms with Gasteiger partial charge in [-0.15, -0.1) is 0 Å². The molecule has 0 atom stereocenters. The topological polar surface area (TPSA) is 64.5 Å². The van der Waals surface area contributed by atoms with Crippen molar-refractivity contribution in [3.05, 3.63) is 150 Å². The van der Waals surface area contributed by atoms with Crippen LogP contribution in [0.1, 0.15) is 0 Å². The summed E-state index contributed by atoms with van der Waals surface area (Å²) in [7, 11) is 0. The van der Waals surface area contributed by atoms with Crippen LogP contribution in [-0.4, -0.2) is 24.9 Å². The van der Waals surface area contributed by atoms with Crippen LogP contribution in [0.3, 0.4) is 0 Å². The average Bonchev–Trinajstić information content (AvgIpc) is 3.11. The van der Waals surface area contributed by atoms with Gasteiger partial charge in [0, 0.05) is 44.3 Å². The molecule has 212 valence electrons. The summed E-state index contributed by atoms with van der Waals surface area (Å²) in [5.41, 5.74) is 9.01. The SMILES string of the molecule is Brc1cc(-c2nc(-c3ccc(-c4ccccc4)cc3)nc(-c3ccc4ncccc4c3)n2)cc(-c2cccc3ncccc23)c1. The molecule has 0 fully saturated rings. The smallest absolute Gasteiger partial charge is 0.164 e. The molecule has 8 aromatic rings. The van der Waals surface area contributed by atoms with Crippen LogP contribution in [0, 0.1) is 0 Å². The Morgan fingerprint density at radius 3 is 1.87 bits per heavy atom. The maximum Gasteiger partial charge on any atom is 0.164 e. The maximum atomic E-state index is 5.03. The number of hydrogen-bond donors (Lipinski definition) is 0. The third kappa shape index (κ3) is 5.37. The second-order valence-electron chi connectivity index (χ2n) is 10.8. The largest absolute Gasteiger partial charge is 0.256 e. The van der Waals surface area contributed by atoms with Gasteiger partial charge in [-0.1, -0.05) is 94.8 Å². The fourth-order valence-corrected chi connectivity index (χ4v) is 6.14. The number of benzene rings is 5. The molecule has 0 saturated carbocycles. The Hall–Kier alpha value is -5.59. The molecule has 0 aliphatic heterocycles. The number of halogens is 1. The molecular formula is C39H24BrN5. The molecule has 0 spiro atoms. The number of nitrogens with zero attached hydrogens (tertiary/aromatic N) is 5. The molecule has 8 rings (SSSR count). The highest BCUT2D eigenvalue weighted by Crippen LogP contribution is 2.34. The Bertz CT molecular complexity index is 2330. The molecule has 0 N–H and O–H groups in total. The monoisotopic (exact) mass is 641 g/mol. The van der Waals surface area contributed by atoms with Gasteiger partial charge in [0.1, 0.15) is 0 Å². The zero-order chi connectivity index (χ0) is 30.2. The Kier molecular flexibility index (Phi) is 6.89. The summed E-state index contributed by atoms with van der Waals surface area (Å²) in [6, 6.07) is 45.4. The number of aromatic nitrogens is 5. The van der Waals surface area contributed by atoms with Crippen molar-refractivity contribution in [3.63, 3.8) is 0 Å². The lowest BCUT2D eigenvalue weighted by atomic mass is 9.98. The van der Waals surface area contributed by atoms with Crippen molar-refractivity contribution in [3.8, 4) is 56.4 Å². The van der Waals surface area contributed by atoms with E-state index >= 15 is 0 Å². The lowest BCUT2D eigenvalue weighted by Crippen LogP contribution is -2.00. The third-order valence-electron chi connectivity index (χ3n) is 7.86. The van der Waals surface area contributed by atoms with Gasteiger partial charge in [-0.25, -0.2) is 15.0 Å². The van der Waals surface area contributed by atoms with Gasteiger partial charge in [-0.05, 0) is 76.9 Å². The Balaban J connectivity index is 1.29.